The van der Waals surface area contributed by atoms with E-state index in [1.807, 2.05) is 49.2 Å². The number of rotatable bonds is 4. The highest BCUT2D eigenvalue weighted by Gasteiger charge is 2.15. The predicted octanol–water partition coefficient (Wildman–Crippen LogP) is 4.24. The molecule has 0 fully saturated rings. The highest BCUT2D eigenvalue weighted by Crippen LogP contribution is 2.28. The van der Waals surface area contributed by atoms with Gasteiger partial charge in [0.15, 0.2) is 0 Å². The summed E-state index contributed by atoms with van der Waals surface area (Å²) in [6.07, 6.45) is 0. The van der Waals surface area contributed by atoms with Crippen molar-refractivity contribution >= 4 is 21.6 Å². The Hall–Kier alpha value is -1.39. The number of anilines is 1. The number of nitrogens with zero attached hydrogens (tertiary/aromatic N) is 1. The highest BCUT2D eigenvalue weighted by molar-refractivity contribution is 9.10. The molecule has 0 heterocycles. The largest absolute Gasteiger partial charge is 0.368 e. The average Bonchev–Trinajstić information content (AvgIpc) is 2.38. The molecule has 2 nitrogen and oxygen atoms in total. The van der Waals surface area contributed by atoms with Gasteiger partial charge >= 0.3 is 0 Å². The summed E-state index contributed by atoms with van der Waals surface area (Å²) in [5.74, 6) is -0.239. The van der Waals surface area contributed by atoms with E-state index in [1.165, 1.54) is 6.07 Å². The summed E-state index contributed by atoms with van der Waals surface area (Å²) in [5.41, 5.74) is 8.44. The molecule has 0 radical (unpaired) electrons. The zero-order chi connectivity index (χ0) is 14.7. The number of benzene rings is 2. The van der Waals surface area contributed by atoms with Crippen LogP contribution < -0.4 is 10.6 Å². The molecule has 0 aliphatic carbocycles. The van der Waals surface area contributed by atoms with Crippen LogP contribution in [-0.2, 0) is 6.54 Å². The third-order valence-corrected chi connectivity index (χ3v) is 3.69. The maximum absolute atomic E-state index is 14.1. The van der Waals surface area contributed by atoms with E-state index >= 15 is 0 Å². The van der Waals surface area contributed by atoms with E-state index < -0.39 is 0 Å². The Labute approximate surface area is 127 Å². The molecule has 0 saturated heterocycles. The molecule has 0 amide bonds. The van der Waals surface area contributed by atoms with E-state index in [0.29, 0.717) is 12.2 Å². The van der Waals surface area contributed by atoms with Gasteiger partial charge in [-0.1, -0.05) is 40.2 Å². The normalized spacial score (nSPS) is 12.2. The van der Waals surface area contributed by atoms with Gasteiger partial charge in [0.1, 0.15) is 5.82 Å². The van der Waals surface area contributed by atoms with Gasteiger partial charge in [0.05, 0.1) is 5.69 Å². The fourth-order valence-electron chi connectivity index (χ4n) is 2.29. The van der Waals surface area contributed by atoms with Crippen LogP contribution in [0.5, 0.6) is 0 Å². The third kappa shape index (κ3) is 3.38. The minimum Gasteiger partial charge on any atom is -0.368 e. The second-order valence-electron chi connectivity index (χ2n) is 4.95. The summed E-state index contributed by atoms with van der Waals surface area (Å²) in [7, 11) is 1.88. The average molecular weight is 337 g/mol. The zero-order valence-electron chi connectivity index (χ0n) is 11.6. The van der Waals surface area contributed by atoms with Crippen molar-refractivity contribution in [3.8, 4) is 0 Å². The van der Waals surface area contributed by atoms with Crippen molar-refractivity contribution in [2.45, 2.75) is 19.5 Å². The Balaban J connectivity index is 2.31. The van der Waals surface area contributed by atoms with Crippen molar-refractivity contribution in [3.63, 3.8) is 0 Å². The molecule has 4 heteroatoms. The first-order valence-electron chi connectivity index (χ1n) is 6.48. The standard InChI is InChI=1S/C16H18BrFN2/c1-11(19)14-7-4-8-15(18)16(14)20(2)10-12-5-3-6-13(17)9-12/h3-9,11H,10,19H2,1-2H3/t11-/m0/s1. The van der Waals surface area contributed by atoms with Gasteiger partial charge in [0, 0.05) is 24.1 Å². The summed E-state index contributed by atoms with van der Waals surface area (Å²) < 4.78 is 15.2. The van der Waals surface area contributed by atoms with Crippen LogP contribution in [-0.4, -0.2) is 7.05 Å². The maximum atomic E-state index is 14.1. The van der Waals surface area contributed by atoms with Crippen molar-refractivity contribution in [3.05, 3.63) is 63.9 Å². The summed E-state index contributed by atoms with van der Waals surface area (Å²) in [5, 5.41) is 0. The Bertz CT molecular complexity index is 599. The number of halogens is 2. The van der Waals surface area contributed by atoms with Crippen LogP contribution in [0.1, 0.15) is 24.1 Å². The molecule has 0 aliphatic rings. The maximum Gasteiger partial charge on any atom is 0.146 e. The Morgan fingerprint density at radius 2 is 1.95 bits per heavy atom. The molecule has 1 atom stereocenters. The van der Waals surface area contributed by atoms with Crippen LogP contribution in [0, 0.1) is 5.82 Å². The van der Waals surface area contributed by atoms with Crippen LogP contribution in [0.15, 0.2) is 46.9 Å². The lowest BCUT2D eigenvalue weighted by Gasteiger charge is -2.24. The quantitative estimate of drug-likeness (QED) is 0.904. The molecule has 0 spiro atoms. The van der Waals surface area contributed by atoms with Gasteiger partial charge < -0.3 is 10.6 Å². The van der Waals surface area contributed by atoms with Gasteiger partial charge in [-0.15, -0.1) is 0 Å². The van der Waals surface area contributed by atoms with Gasteiger partial charge in [-0.25, -0.2) is 4.39 Å². The second kappa shape index (κ2) is 6.37. The molecular formula is C16H18BrFN2. The van der Waals surface area contributed by atoms with Crippen molar-refractivity contribution in [1.82, 2.24) is 0 Å². The monoisotopic (exact) mass is 336 g/mol. The van der Waals surface area contributed by atoms with Gasteiger partial charge in [0.2, 0.25) is 0 Å². The molecule has 20 heavy (non-hydrogen) atoms. The van der Waals surface area contributed by atoms with E-state index in [0.717, 1.165) is 15.6 Å². The molecule has 2 aromatic carbocycles. The van der Waals surface area contributed by atoms with Crippen LogP contribution in [0.3, 0.4) is 0 Å². The fraction of sp³-hybridized carbons (Fsp3) is 0.250. The Morgan fingerprint density at radius 3 is 2.60 bits per heavy atom. The second-order valence-corrected chi connectivity index (χ2v) is 5.87. The summed E-state index contributed by atoms with van der Waals surface area (Å²) in [4.78, 5) is 1.90. The van der Waals surface area contributed by atoms with Gasteiger partial charge in [-0.2, -0.15) is 0 Å². The topological polar surface area (TPSA) is 29.3 Å². The third-order valence-electron chi connectivity index (χ3n) is 3.20. The van der Waals surface area contributed by atoms with Crippen molar-refractivity contribution < 1.29 is 4.39 Å². The lowest BCUT2D eigenvalue weighted by molar-refractivity contribution is 0.616. The van der Waals surface area contributed by atoms with Gasteiger partial charge in [-0.3, -0.25) is 0 Å². The minimum atomic E-state index is -0.239. The Kier molecular flexibility index (Phi) is 4.78. The number of nitrogens with two attached hydrogens (primary N) is 1. The number of para-hydroxylation sites is 1. The molecule has 0 unspecified atom stereocenters. The smallest absolute Gasteiger partial charge is 0.146 e. The first kappa shape index (κ1) is 15.0. The zero-order valence-corrected chi connectivity index (χ0v) is 13.2. The molecule has 2 aromatic rings. The van der Waals surface area contributed by atoms with Gasteiger partial charge in [-0.05, 0) is 36.2 Å². The van der Waals surface area contributed by atoms with Crippen LogP contribution in [0.25, 0.3) is 0 Å². The molecule has 0 aromatic heterocycles. The summed E-state index contributed by atoms with van der Waals surface area (Å²) in [6, 6.07) is 12.8. The molecule has 106 valence electrons. The fourth-order valence-corrected chi connectivity index (χ4v) is 2.74. The first-order chi connectivity index (χ1) is 9.49. The summed E-state index contributed by atoms with van der Waals surface area (Å²) in [6.45, 7) is 2.49. The minimum absolute atomic E-state index is 0.203. The SMILES string of the molecule is C[C@H](N)c1cccc(F)c1N(C)Cc1cccc(Br)c1. The molecule has 2 rings (SSSR count). The molecule has 0 bridgehead atoms. The van der Waals surface area contributed by atoms with E-state index in [-0.39, 0.29) is 11.9 Å². The van der Waals surface area contributed by atoms with Crippen LogP contribution in [0.2, 0.25) is 0 Å². The van der Waals surface area contributed by atoms with E-state index in [4.69, 9.17) is 5.73 Å². The van der Waals surface area contributed by atoms with Crippen LogP contribution >= 0.6 is 15.9 Å². The molecular weight excluding hydrogens is 319 g/mol. The molecule has 2 N–H and O–H groups in total. The van der Waals surface area contributed by atoms with Crippen LogP contribution in [0.4, 0.5) is 10.1 Å². The van der Waals surface area contributed by atoms with E-state index in [9.17, 15) is 4.39 Å². The lowest BCUT2D eigenvalue weighted by atomic mass is 10.0. The van der Waals surface area contributed by atoms with Crippen molar-refractivity contribution in [1.29, 1.82) is 0 Å². The first-order valence-corrected chi connectivity index (χ1v) is 7.28. The van der Waals surface area contributed by atoms with Crippen molar-refractivity contribution in [2.24, 2.45) is 5.73 Å². The van der Waals surface area contributed by atoms with Crippen molar-refractivity contribution in [2.75, 3.05) is 11.9 Å². The Morgan fingerprint density at radius 1 is 1.25 bits per heavy atom. The van der Waals surface area contributed by atoms with E-state index in [2.05, 4.69) is 15.9 Å². The molecule has 0 saturated carbocycles. The lowest BCUT2D eigenvalue weighted by Crippen LogP contribution is -2.21. The highest BCUT2D eigenvalue weighted by atomic mass is 79.9. The summed E-state index contributed by atoms with van der Waals surface area (Å²) >= 11 is 3.45. The number of hydrogen-bond donors (Lipinski definition) is 1. The number of hydrogen-bond acceptors (Lipinski definition) is 2. The van der Waals surface area contributed by atoms with E-state index in [1.54, 1.807) is 6.07 Å². The molecule has 0 aliphatic heterocycles. The van der Waals surface area contributed by atoms with Gasteiger partial charge in [0.25, 0.3) is 0 Å². The predicted molar refractivity (Wildman–Crippen MR) is 85.3 cm³/mol.